The number of urea groups is 1. The Labute approximate surface area is 151 Å². The molecule has 1 N–H and O–H groups in total. The first-order valence-corrected chi connectivity index (χ1v) is 9.46. The third-order valence-electron chi connectivity index (χ3n) is 5.48. The van der Waals surface area contributed by atoms with Crippen LogP contribution < -0.4 is 5.32 Å². The molecule has 1 saturated heterocycles. The molecule has 1 saturated carbocycles. The fourth-order valence-electron chi connectivity index (χ4n) is 3.86. The van der Waals surface area contributed by atoms with Crippen LogP contribution in [0.25, 0.3) is 0 Å². The van der Waals surface area contributed by atoms with Crippen molar-refractivity contribution < 1.29 is 4.79 Å². The Balaban J connectivity index is 1.42. The highest BCUT2D eigenvalue weighted by atomic mass is 16.2. The van der Waals surface area contributed by atoms with Gasteiger partial charge < -0.3 is 15.1 Å². The van der Waals surface area contributed by atoms with Crippen LogP contribution in [-0.4, -0.2) is 78.1 Å². The van der Waals surface area contributed by atoms with Crippen molar-refractivity contribution in [1.29, 1.82) is 0 Å². The number of hydrogen-bond acceptors (Lipinski definition) is 4. The monoisotopic (exact) mass is 345 g/mol. The van der Waals surface area contributed by atoms with Gasteiger partial charge in [0.25, 0.3) is 0 Å². The summed E-state index contributed by atoms with van der Waals surface area (Å²) in [5.41, 5.74) is 1.09. The summed E-state index contributed by atoms with van der Waals surface area (Å²) in [5, 5.41) is 3.27. The standard InChI is InChI=1S/C19H31N5O/c1-22(2)18-8-5-7-16(14-18)21-19(25)24-12-10-23(11-13-24)15-17-6-3-4-9-20-17/h3-4,6,9,16,18H,5,7-8,10-15H2,1-2H3,(H,21,25)/t16-,18+/m0/s1. The largest absolute Gasteiger partial charge is 0.335 e. The van der Waals surface area contributed by atoms with Gasteiger partial charge in [-0.1, -0.05) is 6.07 Å². The normalized spacial score (nSPS) is 25.2. The van der Waals surface area contributed by atoms with E-state index in [1.165, 1.54) is 12.8 Å². The van der Waals surface area contributed by atoms with Crippen LogP contribution in [0.5, 0.6) is 0 Å². The maximum Gasteiger partial charge on any atom is 0.317 e. The third kappa shape index (κ3) is 5.16. The Morgan fingerprint density at radius 2 is 2.04 bits per heavy atom. The Morgan fingerprint density at radius 1 is 1.24 bits per heavy atom. The first-order valence-electron chi connectivity index (χ1n) is 9.46. The lowest BCUT2D eigenvalue weighted by molar-refractivity contribution is 0.127. The second-order valence-corrected chi connectivity index (χ2v) is 7.51. The average Bonchev–Trinajstić information content (AvgIpc) is 2.63. The fourth-order valence-corrected chi connectivity index (χ4v) is 3.86. The van der Waals surface area contributed by atoms with Crippen LogP contribution in [0.3, 0.4) is 0 Å². The van der Waals surface area contributed by atoms with Gasteiger partial charge in [0.1, 0.15) is 0 Å². The Morgan fingerprint density at radius 3 is 2.72 bits per heavy atom. The van der Waals surface area contributed by atoms with E-state index in [9.17, 15) is 4.79 Å². The van der Waals surface area contributed by atoms with Gasteiger partial charge in [-0.3, -0.25) is 9.88 Å². The number of carbonyl (C=O) groups is 1. The van der Waals surface area contributed by atoms with Gasteiger partial charge in [0.15, 0.2) is 0 Å². The molecule has 3 rings (SSSR count). The molecule has 0 radical (unpaired) electrons. The molecule has 1 aliphatic heterocycles. The van der Waals surface area contributed by atoms with Crippen molar-refractivity contribution in [2.75, 3.05) is 40.3 Å². The molecule has 6 heteroatoms. The average molecular weight is 345 g/mol. The summed E-state index contributed by atoms with van der Waals surface area (Å²) in [5.74, 6) is 0. The number of piperazine rings is 1. The third-order valence-corrected chi connectivity index (χ3v) is 5.48. The lowest BCUT2D eigenvalue weighted by atomic mass is 9.90. The first-order chi connectivity index (χ1) is 12.1. The number of pyridine rings is 1. The van der Waals surface area contributed by atoms with E-state index in [1.807, 2.05) is 23.2 Å². The summed E-state index contributed by atoms with van der Waals surface area (Å²) in [6.45, 7) is 4.28. The second-order valence-electron chi connectivity index (χ2n) is 7.51. The van der Waals surface area contributed by atoms with Crippen molar-refractivity contribution in [1.82, 2.24) is 25.0 Å². The molecule has 1 aromatic rings. The zero-order valence-electron chi connectivity index (χ0n) is 15.5. The molecular formula is C19H31N5O. The molecule has 0 aromatic carbocycles. The molecule has 2 fully saturated rings. The molecule has 0 spiro atoms. The van der Waals surface area contributed by atoms with Crippen molar-refractivity contribution in [3.05, 3.63) is 30.1 Å². The zero-order valence-corrected chi connectivity index (χ0v) is 15.5. The maximum absolute atomic E-state index is 12.6. The minimum absolute atomic E-state index is 0.113. The highest BCUT2D eigenvalue weighted by molar-refractivity contribution is 5.74. The van der Waals surface area contributed by atoms with Gasteiger partial charge >= 0.3 is 6.03 Å². The number of hydrogen-bond donors (Lipinski definition) is 1. The van der Waals surface area contributed by atoms with Gasteiger partial charge in [0.05, 0.1) is 5.69 Å². The van der Waals surface area contributed by atoms with E-state index in [-0.39, 0.29) is 6.03 Å². The summed E-state index contributed by atoms with van der Waals surface area (Å²) in [7, 11) is 4.27. The summed E-state index contributed by atoms with van der Waals surface area (Å²) in [6.07, 6.45) is 6.45. The van der Waals surface area contributed by atoms with Crippen LogP contribution in [0.2, 0.25) is 0 Å². The van der Waals surface area contributed by atoms with Gasteiger partial charge in [-0.15, -0.1) is 0 Å². The lowest BCUT2D eigenvalue weighted by Gasteiger charge is -2.37. The smallest absolute Gasteiger partial charge is 0.317 e. The zero-order chi connectivity index (χ0) is 17.6. The summed E-state index contributed by atoms with van der Waals surface area (Å²) in [4.78, 5) is 23.6. The van der Waals surface area contributed by atoms with Crippen LogP contribution in [0, 0.1) is 0 Å². The molecule has 2 amide bonds. The molecule has 25 heavy (non-hydrogen) atoms. The van der Waals surface area contributed by atoms with Gasteiger partial charge in [-0.2, -0.15) is 0 Å². The molecule has 2 heterocycles. The molecule has 1 aliphatic carbocycles. The van der Waals surface area contributed by atoms with E-state index in [1.54, 1.807) is 0 Å². The van der Waals surface area contributed by atoms with Crippen LogP contribution in [0.15, 0.2) is 24.4 Å². The minimum atomic E-state index is 0.113. The van der Waals surface area contributed by atoms with Crippen molar-refractivity contribution in [3.8, 4) is 0 Å². The van der Waals surface area contributed by atoms with Gasteiger partial charge in [0, 0.05) is 51.0 Å². The Hall–Kier alpha value is -1.66. The highest BCUT2D eigenvalue weighted by Gasteiger charge is 2.27. The SMILES string of the molecule is CN(C)[C@@H]1CCC[C@H](NC(=O)N2CCN(Cc3ccccn3)CC2)C1. The summed E-state index contributed by atoms with van der Waals surface area (Å²) in [6, 6.07) is 7.05. The van der Waals surface area contributed by atoms with Crippen LogP contribution >= 0.6 is 0 Å². The van der Waals surface area contributed by atoms with E-state index in [2.05, 4.69) is 40.3 Å². The molecule has 0 unspecified atom stereocenters. The number of nitrogens with zero attached hydrogens (tertiary/aromatic N) is 4. The van der Waals surface area contributed by atoms with Gasteiger partial charge in [-0.25, -0.2) is 4.79 Å². The van der Waals surface area contributed by atoms with Crippen LogP contribution in [0.1, 0.15) is 31.4 Å². The maximum atomic E-state index is 12.6. The summed E-state index contributed by atoms with van der Waals surface area (Å²) >= 11 is 0. The molecular weight excluding hydrogens is 314 g/mol. The molecule has 6 nitrogen and oxygen atoms in total. The number of carbonyl (C=O) groups excluding carboxylic acids is 1. The minimum Gasteiger partial charge on any atom is -0.335 e. The lowest BCUT2D eigenvalue weighted by Crippen LogP contribution is -2.54. The Bertz CT molecular complexity index is 542. The first kappa shape index (κ1) is 18.1. The molecule has 0 bridgehead atoms. The number of rotatable bonds is 4. The van der Waals surface area contributed by atoms with Crippen LogP contribution in [-0.2, 0) is 6.54 Å². The highest BCUT2D eigenvalue weighted by Crippen LogP contribution is 2.21. The fraction of sp³-hybridized carbons (Fsp3) is 0.684. The number of amides is 2. The number of nitrogens with one attached hydrogen (secondary N) is 1. The molecule has 1 aromatic heterocycles. The topological polar surface area (TPSA) is 51.7 Å². The second kappa shape index (κ2) is 8.63. The molecule has 138 valence electrons. The molecule has 2 aliphatic rings. The van der Waals surface area contributed by atoms with E-state index < -0.39 is 0 Å². The van der Waals surface area contributed by atoms with Crippen LogP contribution in [0.4, 0.5) is 4.79 Å². The van der Waals surface area contributed by atoms with E-state index in [0.29, 0.717) is 12.1 Å². The summed E-state index contributed by atoms with van der Waals surface area (Å²) < 4.78 is 0. The van der Waals surface area contributed by atoms with Crippen molar-refractivity contribution in [2.24, 2.45) is 0 Å². The number of aromatic nitrogens is 1. The van der Waals surface area contributed by atoms with E-state index in [4.69, 9.17) is 0 Å². The molecule has 2 atom stereocenters. The predicted molar refractivity (Wildman–Crippen MR) is 99.3 cm³/mol. The van der Waals surface area contributed by atoms with E-state index >= 15 is 0 Å². The van der Waals surface area contributed by atoms with Crippen molar-refractivity contribution >= 4 is 6.03 Å². The van der Waals surface area contributed by atoms with Crippen molar-refractivity contribution in [2.45, 2.75) is 44.3 Å². The van der Waals surface area contributed by atoms with Gasteiger partial charge in [0.2, 0.25) is 0 Å². The van der Waals surface area contributed by atoms with E-state index in [0.717, 1.165) is 51.3 Å². The quantitative estimate of drug-likeness (QED) is 0.904. The van der Waals surface area contributed by atoms with Crippen molar-refractivity contribution in [3.63, 3.8) is 0 Å². The van der Waals surface area contributed by atoms with Gasteiger partial charge in [-0.05, 0) is 51.9 Å². The Kier molecular flexibility index (Phi) is 6.26. The predicted octanol–water partition coefficient (Wildman–Crippen LogP) is 1.78.